The normalized spacial score (nSPS) is 11.3. The average Bonchev–Trinajstić information content (AvgIpc) is 3.55. The topological polar surface area (TPSA) is 116 Å². The Morgan fingerprint density at radius 3 is 0.812 bits per heavy atom. The summed E-state index contributed by atoms with van der Waals surface area (Å²) in [4.78, 5) is 56.8. The molecule has 0 fully saturated rings. The third-order valence-electron chi connectivity index (χ3n) is 16.6. The average molecular weight is 1110 g/mol. The van der Waals surface area contributed by atoms with Crippen LogP contribution in [0.2, 0.25) is 0 Å². The standard InChI is InChI=1S/C72H126N4O4/c1-5-9-13-17-21-25-29-33-37-41-45-49-58-73-69(77)65-57-56-63(62-67(65)71(79)75-60-51-47-43-39-35-31-27-23-19-15-11-7-3)64-54-53-55-66(70(78)74-59-50-46-42-38-34-30-26-22-18-14-10-6-2)68(64)72(80)76-61-52-48-44-40-36-32-28-24-20-16-12-8-4/h53-57,62H,5-52,58-61H2,1-4H3,(H,73,77)(H,74,78)(H,75,79)(H,76,80). The van der Waals surface area contributed by atoms with E-state index in [1.54, 1.807) is 18.2 Å². The zero-order valence-corrected chi connectivity index (χ0v) is 52.9. The molecule has 458 valence electrons. The fraction of sp³-hybridized carbons (Fsp3) is 0.778. The number of rotatable bonds is 57. The first-order chi connectivity index (χ1) is 39.4. The van der Waals surface area contributed by atoms with E-state index < -0.39 is 0 Å². The molecule has 0 saturated heterocycles. The van der Waals surface area contributed by atoms with Crippen LogP contribution >= 0.6 is 0 Å². The Bertz CT molecular complexity index is 1810. The lowest BCUT2D eigenvalue weighted by molar-refractivity contribution is 0.0918. The molecule has 0 saturated carbocycles. The van der Waals surface area contributed by atoms with E-state index in [9.17, 15) is 19.2 Å². The number of hydrogen-bond acceptors (Lipinski definition) is 4. The molecule has 0 bridgehead atoms. The molecular formula is C72H126N4O4. The molecule has 0 aliphatic heterocycles. The molecule has 0 heterocycles. The van der Waals surface area contributed by atoms with Gasteiger partial charge in [-0.3, -0.25) is 19.2 Å². The predicted molar refractivity (Wildman–Crippen MR) is 346 cm³/mol. The van der Waals surface area contributed by atoms with Gasteiger partial charge < -0.3 is 21.3 Å². The summed E-state index contributed by atoms with van der Waals surface area (Å²) >= 11 is 0. The molecule has 4 amide bonds. The van der Waals surface area contributed by atoms with Crippen LogP contribution in [0.15, 0.2) is 36.4 Å². The van der Waals surface area contributed by atoms with E-state index in [2.05, 4.69) is 49.0 Å². The summed E-state index contributed by atoms with van der Waals surface area (Å²) in [7, 11) is 0. The largest absolute Gasteiger partial charge is 0.352 e. The number of carbonyl (C=O) groups is 4. The second-order valence-corrected chi connectivity index (χ2v) is 24.1. The van der Waals surface area contributed by atoms with Gasteiger partial charge in [0.15, 0.2) is 0 Å². The second-order valence-electron chi connectivity index (χ2n) is 24.1. The Morgan fingerprint density at radius 1 is 0.263 bits per heavy atom. The lowest BCUT2D eigenvalue weighted by Crippen LogP contribution is -2.31. The molecule has 0 spiro atoms. The summed E-state index contributed by atoms with van der Waals surface area (Å²) in [6, 6.07) is 10.8. The maximum atomic E-state index is 14.5. The lowest BCUT2D eigenvalue weighted by Gasteiger charge is -2.17. The lowest BCUT2D eigenvalue weighted by atomic mass is 9.91. The molecule has 0 aliphatic rings. The maximum absolute atomic E-state index is 14.5. The Morgan fingerprint density at radius 2 is 0.512 bits per heavy atom. The van der Waals surface area contributed by atoms with E-state index in [-0.39, 0.29) is 23.6 Å². The van der Waals surface area contributed by atoms with Crippen molar-refractivity contribution >= 4 is 23.6 Å². The van der Waals surface area contributed by atoms with Crippen LogP contribution in [-0.4, -0.2) is 49.8 Å². The molecule has 8 nitrogen and oxygen atoms in total. The van der Waals surface area contributed by atoms with Crippen LogP contribution in [0.4, 0.5) is 0 Å². The van der Waals surface area contributed by atoms with Crippen molar-refractivity contribution in [1.29, 1.82) is 0 Å². The zero-order chi connectivity index (χ0) is 57.6. The van der Waals surface area contributed by atoms with Crippen molar-refractivity contribution in [2.75, 3.05) is 26.2 Å². The van der Waals surface area contributed by atoms with Gasteiger partial charge in [0.1, 0.15) is 0 Å². The van der Waals surface area contributed by atoms with E-state index in [0.29, 0.717) is 59.6 Å². The minimum Gasteiger partial charge on any atom is -0.352 e. The fourth-order valence-corrected chi connectivity index (χ4v) is 11.4. The van der Waals surface area contributed by atoms with Crippen molar-refractivity contribution in [3.05, 3.63) is 58.7 Å². The Balaban J connectivity index is 2.20. The van der Waals surface area contributed by atoms with Gasteiger partial charge in [-0.1, -0.05) is 328 Å². The molecule has 0 aliphatic carbocycles. The van der Waals surface area contributed by atoms with Crippen LogP contribution in [0.3, 0.4) is 0 Å². The van der Waals surface area contributed by atoms with Crippen molar-refractivity contribution in [2.24, 2.45) is 0 Å². The molecule has 2 aromatic rings. The molecule has 4 N–H and O–H groups in total. The molecule has 0 atom stereocenters. The van der Waals surface area contributed by atoms with Crippen molar-refractivity contribution in [3.8, 4) is 11.1 Å². The predicted octanol–water partition coefficient (Wildman–Crippen LogP) is 21.1. The molecule has 0 unspecified atom stereocenters. The van der Waals surface area contributed by atoms with Crippen molar-refractivity contribution in [2.45, 2.75) is 336 Å². The van der Waals surface area contributed by atoms with E-state index >= 15 is 0 Å². The second kappa shape index (κ2) is 53.3. The quantitative estimate of drug-likeness (QED) is 0.0494. The first kappa shape index (κ1) is 72.4. The number of hydrogen-bond donors (Lipinski definition) is 4. The van der Waals surface area contributed by atoms with Crippen LogP contribution in [0.1, 0.15) is 377 Å². The molecule has 80 heavy (non-hydrogen) atoms. The molecule has 0 radical (unpaired) electrons. The first-order valence-corrected chi connectivity index (χ1v) is 34.8. The van der Waals surface area contributed by atoms with Gasteiger partial charge in [0, 0.05) is 26.2 Å². The van der Waals surface area contributed by atoms with E-state index in [4.69, 9.17) is 0 Å². The summed E-state index contributed by atoms with van der Waals surface area (Å²) in [6.45, 7) is 11.2. The molecular weight excluding hydrogens is 985 g/mol. The maximum Gasteiger partial charge on any atom is 0.252 e. The Kier molecular flexibility index (Phi) is 48.3. The third-order valence-corrected chi connectivity index (χ3v) is 16.6. The van der Waals surface area contributed by atoms with E-state index in [1.165, 1.54) is 238 Å². The number of unbranched alkanes of at least 4 members (excludes halogenated alkanes) is 44. The van der Waals surface area contributed by atoms with Gasteiger partial charge in [0.2, 0.25) is 0 Å². The fourth-order valence-electron chi connectivity index (χ4n) is 11.4. The monoisotopic (exact) mass is 1110 g/mol. The van der Waals surface area contributed by atoms with E-state index in [1.807, 2.05) is 18.2 Å². The van der Waals surface area contributed by atoms with Gasteiger partial charge in [-0.2, -0.15) is 0 Å². The first-order valence-electron chi connectivity index (χ1n) is 34.8. The van der Waals surface area contributed by atoms with Crippen molar-refractivity contribution in [3.63, 3.8) is 0 Å². The highest BCUT2D eigenvalue weighted by Crippen LogP contribution is 2.30. The van der Waals surface area contributed by atoms with Crippen LogP contribution in [0, 0.1) is 0 Å². The molecule has 2 rings (SSSR count). The Labute approximate surface area is 493 Å². The van der Waals surface area contributed by atoms with Gasteiger partial charge in [0.05, 0.1) is 22.3 Å². The molecule has 8 heteroatoms. The SMILES string of the molecule is CCCCCCCCCCCCCCNC(=O)c1ccc(-c2cccc(C(=O)NCCCCCCCCCCCCCC)c2C(=O)NCCCCCCCCCCCCCC)cc1C(=O)NCCCCCCCCCCCCCC. The van der Waals surface area contributed by atoms with Crippen LogP contribution in [0.5, 0.6) is 0 Å². The zero-order valence-electron chi connectivity index (χ0n) is 52.9. The van der Waals surface area contributed by atoms with Crippen LogP contribution in [0.25, 0.3) is 11.1 Å². The number of nitrogens with one attached hydrogen (secondary N) is 4. The van der Waals surface area contributed by atoms with Gasteiger partial charge in [-0.25, -0.2) is 0 Å². The summed E-state index contributed by atoms with van der Waals surface area (Å²) in [5.74, 6) is -1.11. The van der Waals surface area contributed by atoms with Crippen molar-refractivity contribution in [1.82, 2.24) is 21.3 Å². The van der Waals surface area contributed by atoms with Crippen molar-refractivity contribution < 1.29 is 19.2 Å². The van der Waals surface area contributed by atoms with Gasteiger partial charge in [-0.15, -0.1) is 0 Å². The highest BCUT2D eigenvalue weighted by Gasteiger charge is 2.24. The molecule has 0 aromatic heterocycles. The highest BCUT2D eigenvalue weighted by atomic mass is 16.2. The van der Waals surface area contributed by atoms with Crippen LogP contribution < -0.4 is 21.3 Å². The number of amides is 4. The van der Waals surface area contributed by atoms with Gasteiger partial charge in [0.25, 0.3) is 23.6 Å². The summed E-state index contributed by atoms with van der Waals surface area (Å²) < 4.78 is 0. The number of benzene rings is 2. The minimum atomic E-state index is -0.292. The smallest absolute Gasteiger partial charge is 0.252 e. The summed E-state index contributed by atoms with van der Waals surface area (Å²) in [5, 5.41) is 12.6. The minimum absolute atomic E-state index is 0.263. The van der Waals surface area contributed by atoms with E-state index in [0.717, 1.165) is 70.6 Å². The number of carbonyl (C=O) groups excluding carboxylic acids is 4. The third kappa shape index (κ3) is 37.4. The summed E-state index contributed by atoms with van der Waals surface area (Å²) in [5.41, 5.74) is 2.46. The van der Waals surface area contributed by atoms with Gasteiger partial charge in [-0.05, 0) is 55.0 Å². The Hall–Kier alpha value is -3.68. The molecule has 2 aromatic carbocycles. The van der Waals surface area contributed by atoms with Crippen LogP contribution in [-0.2, 0) is 0 Å². The summed E-state index contributed by atoms with van der Waals surface area (Å²) in [6.07, 6.45) is 59.8. The highest BCUT2D eigenvalue weighted by molar-refractivity contribution is 6.12. The van der Waals surface area contributed by atoms with Gasteiger partial charge >= 0.3 is 0 Å².